The lowest BCUT2D eigenvalue weighted by molar-refractivity contribution is 0.628. The van der Waals surface area contributed by atoms with Crippen LogP contribution in [-0.4, -0.2) is 4.83 Å². The third-order valence-corrected chi connectivity index (χ3v) is 3.48. The summed E-state index contributed by atoms with van der Waals surface area (Å²) < 4.78 is 0. The van der Waals surface area contributed by atoms with Gasteiger partial charge in [-0.25, -0.2) is 0 Å². The highest BCUT2D eigenvalue weighted by molar-refractivity contribution is 9.09. The lowest BCUT2D eigenvalue weighted by Gasteiger charge is -2.05. The van der Waals surface area contributed by atoms with Crippen molar-refractivity contribution in [3.8, 4) is 0 Å². The second-order valence-corrected chi connectivity index (χ2v) is 4.60. The fourth-order valence-corrected chi connectivity index (χ4v) is 2.17. The van der Waals surface area contributed by atoms with E-state index in [0.29, 0.717) is 0 Å². The van der Waals surface area contributed by atoms with Gasteiger partial charge in [0.1, 0.15) is 0 Å². The second kappa shape index (κ2) is 4.97. The van der Waals surface area contributed by atoms with Crippen molar-refractivity contribution in [3.05, 3.63) is 12.7 Å². The fraction of sp³-hybridized carbons (Fsp3) is 0.800. The van der Waals surface area contributed by atoms with E-state index in [1.807, 2.05) is 6.08 Å². The maximum absolute atomic E-state index is 3.73. The van der Waals surface area contributed by atoms with Crippen molar-refractivity contribution >= 4 is 15.9 Å². The van der Waals surface area contributed by atoms with Gasteiger partial charge in [0.05, 0.1) is 0 Å². The summed E-state index contributed by atoms with van der Waals surface area (Å²) in [5.74, 6) is 1.01. The predicted octanol–water partition coefficient (Wildman–Crippen LogP) is 3.91. The fourth-order valence-electron chi connectivity index (χ4n) is 1.32. The first kappa shape index (κ1) is 9.31. The Morgan fingerprint density at radius 2 is 2.18 bits per heavy atom. The molecule has 1 saturated carbocycles. The molecule has 1 unspecified atom stereocenters. The van der Waals surface area contributed by atoms with E-state index in [4.69, 9.17) is 0 Å². The van der Waals surface area contributed by atoms with Gasteiger partial charge in [0.2, 0.25) is 0 Å². The summed E-state index contributed by atoms with van der Waals surface area (Å²) in [4.78, 5) is 0.812. The summed E-state index contributed by atoms with van der Waals surface area (Å²) >= 11 is 3.73. The van der Waals surface area contributed by atoms with Crippen LogP contribution < -0.4 is 0 Å². The molecule has 0 radical (unpaired) electrons. The summed E-state index contributed by atoms with van der Waals surface area (Å²) in [6, 6.07) is 0. The smallest absolute Gasteiger partial charge is 0.0174 e. The van der Waals surface area contributed by atoms with Crippen LogP contribution in [0.3, 0.4) is 0 Å². The van der Waals surface area contributed by atoms with E-state index in [2.05, 4.69) is 22.5 Å². The van der Waals surface area contributed by atoms with Gasteiger partial charge < -0.3 is 0 Å². The first-order valence-electron chi connectivity index (χ1n) is 4.59. The average Bonchev–Trinajstić information content (AvgIpc) is 2.79. The van der Waals surface area contributed by atoms with Gasteiger partial charge in [0.15, 0.2) is 0 Å². The normalized spacial score (nSPS) is 19.7. The summed E-state index contributed by atoms with van der Waals surface area (Å²) in [5, 5.41) is 0. The Kier molecular flexibility index (Phi) is 4.21. The molecule has 1 fully saturated rings. The van der Waals surface area contributed by atoms with Crippen molar-refractivity contribution in [2.75, 3.05) is 0 Å². The third-order valence-electron chi connectivity index (χ3n) is 2.27. The molecule has 0 amide bonds. The molecule has 0 spiro atoms. The molecule has 1 aliphatic carbocycles. The van der Waals surface area contributed by atoms with Crippen molar-refractivity contribution in [1.82, 2.24) is 0 Å². The van der Waals surface area contributed by atoms with Crippen LogP contribution in [0.4, 0.5) is 0 Å². The molecule has 1 atom stereocenters. The lowest BCUT2D eigenvalue weighted by Crippen LogP contribution is -1.99. The molecule has 0 N–H and O–H groups in total. The monoisotopic (exact) mass is 216 g/mol. The maximum atomic E-state index is 3.73. The van der Waals surface area contributed by atoms with Gasteiger partial charge in [-0.1, -0.05) is 28.4 Å². The van der Waals surface area contributed by atoms with Gasteiger partial charge in [-0.3, -0.25) is 0 Å². The van der Waals surface area contributed by atoms with Crippen LogP contribution >= 0.6 is 15.9 Å². The Morgan fingerprint density at radius 1 is 1.45 bits per heavy atom. The summed E-state index contributed by atoms with van der Waals surface area (Å²) in [7, 11) is 0. The van der Waals surface area contributed by atoms with Crippen LogP contribution in [0.15, 0.2) is 12.7 Å². The standard InChI is InChI=1S/C10H17Br/c1-2-3-4-5-6-10(11)9-7-8-9/h2,9-10H,1,3-8H2. The molecule has 1 heteroatoms. The Balaban J connectivity index is 1.88. The SMILES string of the molecule is C=CCCCCC(Br)C1CC1. The van der Waals surface area contributed by atoms with Crippen LogP contribution in [0, 0.1) is 5.92 Å². The largest absolute Gasteiger partial charge is 0.103 e. The molecular weight excluding hydrogens is 200 g/mol. The van der Waals surface area contributed by atoms with E-state index in [1.54, 1.807) is 0 Å². The van der Waals surface area contributed by atoms with Crippen LogP contribution in [0.2, 0.25) is 0 Å². The van der Waals surface area contributed by atoms with E-state index >= 15 is 0 Å². The van der Waals surface area contributed by atoms with Gasteiger partial charge in [-0.15, -0.1) is 6.58 Å². The number of rotatable bonds is 6. The molecule has 0 aromatic carbocycles. The average molecular weight is 217 g/mol. The molecule has 1 rings (SSSR count). The third kappa shape index (κ3) is 3.95. The first-order chi connectivity index (χ1) is 5.34. The van der Waals surface area contributed by atoms with Crippen molar-refractivity contribution in [2.45, 2.75) is 43.4 Å². The summed E-state index contributed by atoms with van der Waals surface area (Å²) in [6.45, 7) is 3.71. The van der Waals surface area contributed by atoms with E-state index in [9.17, 15) is 0 Å². The zero-order valence-electron chi connectivity index (χ0n) is 7.06. The minimum absolute atomic E-state index is 0.812. The molecular formula is C10H17Br. The number of alkyl halides is 1. The predicted molar refractivity (Wildman–Crippen MR) is 54.1 cm³/mol. The van der Waals surface area contributed by atoms with Gasteiger partial charge >= 0.3 is 0 Å². The van der Waals surface area contributed by atoms with Crippen LogP contribution in [-0.2, 0) is 0 Å². The molecule has 0 heterocycles. The Hall–Kier alpha value is 0.220. The number of hydrogen-bond donors (Lipinski definition) is 0. The highest BCUT2D eigenvalue weighted by Gasteiger charge is 2.28. The highest BCUT2D eigenvalue weighted by atomic mass is 79.9. The minimum atomic E-state index is 0.812. The Labute approximate surface area is 78.2 Å². The van der Waals surface area contributed by atoms with Crippen molar-refractivity contribution in [1.29, 1.82) is 0 Å². The Bertz CT molecular complexity index is 116. The van der Waals surface area contributed by atoms with Crippen LogP contribution in [0.1, 0.15) is 38.5 Å². The maximum Gasteiger partial charge on any atom is 0.0174 e. The minimum Gasteiger partial charge on any atom is -0.103 e. The number of hydrogen-bond acceptors (Lipinski definition) is 0. The van der Waals surface area contributed by atoms with Gasteiger partial charge in [-0.2, -0.15) is 0 Å². The first-order valence-corrected chi connectivity index (χ1v) is 5.51. The number of halogens is 1. The molecule has 0 saturated heterocycles. The molecule has 64 valence electrons. The topological polar surface area (TPSA) is 0 Å². The van der Waals surface area contributed by atoms with Crippen LogP contribution in [0.25, 0.3) is 0 Å². The molecule has 0 aromatic rings. The molecule has 0 aromatic heterocycles. The summed E-state index contributed by atoms with van der Waals surface area (Å²) in [6.07, 6.45) is 10.1. The highest BCUT2D eigenvalue weighted by Crippen LogP contribution is 2.38. The molecule has 1 aliphatic rings. The molecule has 0 nitrogen and oxygen atoms in total. The Morgan fingerprint density at radius 3 is 2.73 bits per heavy atom. The van der Waals surface area contributed by atoms with E-state index in [-0.39, 0.29) is 0 Å². The zero-order chi connectivity index (χ0) is 8.10. The quantitative estimate of drug-likeness (QED) is 0.359. The van der Waals surface area contributed by atoms with Gasteiger partial charge in [0.25, 0.3) is 0 Å². The van der Waals surface area contributed by atoms with E-state index < -0.39 is 0 Å². The van der Waals surface area contributed by atoms with E-state index in [1.165, 1.54) is 38.5 Å². The van der Waals surface area contributed by atoms with Crippen molar-refractivity contribution in [3.63, 3.8) is 0 Å². The van der Waals surface area contributed by atoms with E-state index in [0.717, 1.165) is 10.7 Å². The molecule has 0 bridgehead atoms. The zero-order valence-corrected chi connectivity index (χ0v) is 8.65. The van der Waals surface area contributed by atoms with Crippen molar-refractivity contribution < 1.29 is 0 Å². The van der Waals surface area contributed by atoms with Gasteiger partial charge in [-0.05, 0) is 38.0 Å². The number of allylic oxidation sites excluding steroid dienone is 1. The van der Waals surface area contributed by atoms with Crippen molar-refractivity contribution in [2.24, 2.45) is 5.92 Å². The lowest BCUT2D eigenvalue weighted by atomic mass is 10.1. The molecule has 11 heavy (non-hydrogen) atoms. The number of unbranched alkanes of at least 4 members (excludes halogenated alkanes) is 2. The van der Waals surface area contributed by atoms with Gasteiger partial charge in [0, 0.05) is 4.83 Å². The molecule has 0 aliphatic heterocycles. The second-order valence-electron chi connectivity index (χ2n) is 3.43. The summed E-state index contributed by atoms with van der Waals surface area (Å²) in [5.41, 5.74) is 0. The van der Waals surface area contributed by atoms with Crippen LogP contribution in [0.5, 0.6) is 0 Å².